The van der Waals surface area contributed by atoms with Gasteiger partial charge in [-0.15, -0.1) is 0 Å². The van der Waals surface area contributed by atoms with Gasteiger partial charge in [0.25, 0.3) is 0 Å². The molecule has 1 heterocycles. The second-order valence-electron chi connectivity index (χ2n) is 3.19. The molecule has 0 saturated heterocycles. The van der Waals surface area contributed by atoms with Gasteiger partial charge in [-0.3, -0.25) is 0 Å². The second kappa shape index (κ2) is 2.85. The molecule has 3 nitrogen and oxygen atoms in total. The molecule has 2 aromatic rings. The number of nitrogens with zero attached hydrogens (tertiary/aromatic N) is 2. The van der Waals surface area contributed by atoms with Crippen LogP contribution in [-0.4, -0.2) is 14.7 Å². The zero-order valence-corrected chi connectivity index (χ0v) is 7.73. The first-order valence-corrected chi connectivity index (χ1v) is 4.29. The van der Waals surface area contributed by atoms with Crippen molar-refractivity contribution in [2.45, 2.75) is 13.0 Å². The maximum Gasteiger partial charge on any atom is 0.138 e. The van der Waals surface area contributed by atoms with Gasteiger partial charge in [0.1, 0.15) is 11.9 Å². The summed E-state index contributed by atoms with van der Waals surface area (Å²) >= 11 is 0. The minimum absolute atomic E-state index is 0.516. The first-order valence-electron chi connectivity index (χ1n) is 4.29. The molecule has 3 heteroatoms. The fourth-order valence-corrected chi connectivity index (χ4v) is 1.54. The highest BCUT2D eigenvalue weighted by molar-refractivity contribution is 5.75. The molecule has 1 unspecified atom stereocenters. The van der Waals surface area contributed by atoms with E-state index in [2.05, 4.69) is 4.98 Å². The van der Waals surface area contributed by atoms with Crippen LogP contribution in [0, 0.1) is 0 Å². The molecule has 1 atom stereocenters. The third-order valence-corrected chi connectivity index (χ3v) is 2.20. The maximum absolute atomic E-state index is 9.42. The number of hydrogen-bond acceptors (Lipinski definition) is 2. The number of para-hydroxylation sites is 2. The summed E-state index contributed by atoms with van der Waals surface area (Å²) in [6.07, 6.45) is -0.516. The van der Waals surface area contributed by atoms with Crippen LogP contribution in [0.5, 0.6) is 0 Å². The van der Waals surface area contributed by atoms with Crippen LogP contribution in [0.3, 0.4) is 0 Å². The van der Waals surface area contributed by atoms with Gasteiger partial charge in [-0.25, -0.2) is 4.98 Å². The lowest BCUT2D eigenvalue weighted by atomic mass is 10.3. The number of aryl methyl sites for hydroxylation is 1. The minimum atomic E-state index is -0.516. The summed E-state index contributed by atoms with van der Waals surface area (Å²) in [6, 6.07) is 7.85. The highest BCUT2D eigenvalue weighted by Crippen LogP contribution is 2.18. The number of fused-ring (bicyclic) bond motifs is 1. The van der Waals surface area contributed by atoms with Crippen molar-refractivity contribution < 1.29 is 5.11 Å². The van der Waals surface area contributed by atoms with Gasteiger partial charge < -0.3 is 9.67 Å². The normalized spacial score (nSPS) is 13.5. The molecule has 0 saturated carbocycles. The second-order valence-corrected chi connectivity index (χ2v) is 3.19. The summed E-state index contributed by atoms with van der Waals surface area (Å²) in [5.41, 5.74) is 1.99. The topological polar surface area (TPSA) is 38.1 Å². The molecule has 1 aromatic carbocycles. The molecule has 0 aliphatic heterocycles. The molecular formula is C10H12N2O. The van der Waals surface area contributed by atoms with E-state index < -0.39 is 6.10 Å². The molecule has 0 radical (unpaired) electrons. The van der Waals surface area contributed by atoms with E-state index in [0.717, 1.165) is 11.0 Å². The fraction of sp³-hybridized carbons (Fsp3) is 0.300. The van der Waals surface area contributed by atoms with Crippen molar-refractivity contribution in [2.24, 2.45) is 7.05 Å². The first-order chi connectivity index (χ1) is 6.20. The van der Waals surface area contributed by atoms with E-state index in [4.69, 9.17) is 0 Å². The van der Waals surface area contributed by atoms with Gasteiger partial charge in [-0.05, 0) is 19.1 Å². The van der Waals surface area contributed by atoms with E-state index in [1.54, 1.807) is 6.92 Å². The molecule has 1 N–H and O–H groups in total. The summed E-state index contributed by atoms with van der Waals surface area (Å²) < 4.78 is 1.92. The Labute approximate surface area is 76.6 Å². The number of aliphatic hydroxyl groups excluding tert-OH is 1. The Morgan fingerprint density at radius 2 is 2.08 bits per heavy atom. The Bertz CT molecular complexity index is 431. The number of imidazole rings is 1. The van der Waals surface area contributed by atoms with Gasteiger partial charge in [0.05, 0.1) is 11.0 Å². The van der Waals surface area contributed by atoms with Crippen molar-refractivity contribution in [3.8, 4) is 0 Å². The van der Waals surface area contributed by atoms with Crippen molar-refractivity contribution in [1.82, 2.24) is 9.55 Å². The molecule has 0 bridgehead atoms. The van der Waals surface area contributed by atoms with E-state index in [0.29, 0.717) is 5.82 Å². The zero-order valence-electron chi connectivity index (χ0n) is 7.73. The Kier molecular flexibility index (Phi) is 1.81. The van der Waals surface area contributed by atoms with Crippen LogP contribution in [0.4, 0.5) is 0 Å². The monoisotopic (exact) mass is 176 g/mol. The SMILES string of the molecule is CC(O)c1nc2ccccc2n1C. The van der Waals surface area contributed by atoms with Gasteiger partial charge in [-0.2, -0.15) is 0 Å². The predicted octanol–water partition coefficient (Wildman–Crippen LogP) is 1.63. The highest BCUT2D eigenvalue weighted by Gasteiger charge is 2.10. The van der Waals surface area contributed by atoms with Crippen LogP contribution in [0.15, 0.2) is 24.3 Å². The van der Waals surface area contributed by atoms with Crippen LogP contribution in [0.1, 0.15) is 18.9 Å². The summed E-state index contributed by atoms with van der Waals surface area (Å²) in [4.78, 5) is 4.32. The third kappa shape index (κ3) is 1.21. The number of benzene rings is 1. The van der Waals surface area contributed by atoms with Crippen LogP contribution in [0.2, 0.25) is 0 Å². The van der Waals surface area contributed by atoms with Gasteiger partial charge in [0, 0.05) is 7.05 Å². The lowest BCUT2D eigenvalue weighted by Crippen LogP contribution is -2.01. The zero-order chi connectivity index (χ0) is 9.42. The van der Waals surface area contributed by atoms with Gasteiger partial charge in [0.15, 0.2) is 0 Å². The average Bonchev–Trinajstić information content (AvgIpc) is 2.45. The van der Waals surface area contributed by atoms with Crippen molar-refractivity contribution in [1.29, 1.82) is 0 Å². The van der Waals surface area contributed by atoms with E-state index in [1.807, 2.05) is 35.9 Å². The van der Waals surface area contributed by atoms with Crippen LogP contribution >= 0.6 is 0 Å². The summed E-state index contributed by atoms with van der Waals surface area (Å²) in [7, 11) is 1.91. The summed E-state index contributed by atoms with van der Waals surface area (Å²) in [5, 5.41) is 9.42. The average molecular weight is 176 g/mol. The molecular weight excluding hydrogens is 164 g/mol. The standard InChI is InChI=1S/C10H12N2O/c1-7(13)10-11-8-5-3-4-6-9(8)12(10)2/h3-7,13H,1-2H3. The summed E-state index contributed by atoms with van der Waals surface area (Å²) in [6.45, 7) is 1.72. The Hall–Kier alpha value is -1.35. The Morgan fingerprint density at radius 3 is 2.69 bits per heavy atom. The van der Waals surface area contributed by atoms with Gasteiger partial charge in [0.2, 0.25) is 0 Å². The number of aliphatic hydroxyl groups is 1. The third-order valence-electron chi connectivity index (χ3n) is 2.20. The highest BCUT2D eigenvalue weighted by atomic mass is 16.3. The molecule has 13 heavy (non-hydrogen) atoms. The Balaban J connectivity index is 2.74. The van der Waals surface area contributed by atoms with E-state index in [1.165, 1.54) is 0 Å². The lowest BCUT2D eigenvalue weighted by Gasteiger charge is -2.03. The molecule has 0 aliphatic carbocycles. The molecule has 68 valence electrons. The van der Waals surface area contributed by atoms with Crippen molar-refractivity contribution in [3.63, 3.8) is 0 Å². The smallest absolute Gasteiger partial charge is 0.138 e. The maximum atomic E-state index is 9.42. The van der Waals surface area contributed by atoms with Crippen LogP contribution < -0.4 is 0 Å². The Morgan fingerprint density at radius 1 is 1.38 bits per heavy atom. The predicted molar refractivity (Wildman–Crippen MR) is 51.3 cm³/mol. The van der Waals surface area contributed by atoms with Crippen molar-refractivity contribution >= 4 is 11.0 Å². The van der Waals surface area contributed by atoms with Crippen LogP contribution in [0.25, 0.3) is 11.0 Å². The van der Waals surface area contributed by atoms with E-state index >= 15 is 0 Å². The van der Waals surface area contributed by atoms with Gasteiger partial charge in [-0.1, -0.05) is 12.1 Å². The largest absolute Gasteiger partial charge is 0.385 e. The fourth-order valence-electron chi connectivity index (χ4n) is 1.54. The quantitative estimate of drug-likeness (QED) is 0.717. The summed E-state index contributed by atoms with van der Waals surface area (Å²) in [5.74, 6) is 0.709. The minimum Gasteiger partial charge on any atom is -0.385 e. The molecule has 2 rings (SSSR count). The van der Waals surface area contributed by atoms with E-state index in [9.17, 15) is 5.11 Å². The molecule has 0 spiro atoms. The lowest BCUT2D eigenvalue weighted by molar-refractivity contribution is 0.186. The number of aromatic nitrogens is 2. The molecule has 0 fully saturated rings. The van der Waals surface area contributed by atoms with E-state index in [-0.39, 0.29) is 0 Å². The van der Waals surface area contributed by atoms with Crippen LogP contribution in [-0.2, 0) is 7.05 Å². The first kappa shape index (κ1) is 8.26. The molecule has 0 amide bonds. The van der Waals surface area contributed by atoms with Crippen molar-refractivity contribution in [2.75, 3.05) is 0 Å². The van der Waals surface area contributed by atoms with Crippen molar-refractivity contribution in [3.05, 3.63) is 30.1 Å². The molecule has 1 aromatic heterocycles. The van der Waals surface area contributed by atoms with Gasteiger partial charge >= 0.3 is 0 Å². The number of rotatable bonds is 1. The number of hydrogen-bond donors (Lipinski definition) is 1. The molecule has 0 aliphatic rings.